The highest BCUT2D eigenvalue weighted by Crippen LogP contribution is 2.33. The molecule has 1 aliphatic heterocycles. The minimum Gasteiger partial charge on any atom is -0.479 e. The molecular weight excluding hydrogens is 536 g/mol. The molecule has 1 saturated heterocycles. The summed E-state index contributed by atoms with van der Waals surface area (Å²) in [7, 11) is 0. The van der Waals surface area contributed by atoms with Crippen molar-refractivity contribution in [2.75, 3.05) is 13.1 Å². The zero-order valence-electron chi connectivity index (χ0n) is 22.2. The van der Waals surface area contributed by atoms with Crippen molar-refractivity contribution in [2.45, 2.75) is 77.7 Å². The first-order valence-electron chi connectivity index (χ1n) is 12.2. The van der Waals surface area contributed by atoms with E-state index in [1.165, 1.54) is 18.2 Å². The van der Waals surface area contributed by atoms with Gasteiger partial charge in [0.15, 0.2) is 29.6 Å². The maximum Gasteiger partial charge on any atom is 0.335 e. The summed E-state index contributed by atoms with van der Waals surface area (Å²) < 4.78 is 26.7. The molecule has 0 bridgehead atoms. The first-order chi connectivity index (χ1) is 18.2. The Kier molecular flexibility index (Phi) is 11.5. The van der Waals surface area contributed by atoms with Crippen molar-refractivity contribution in [3.05, 3.63) is 34.2 Å². The Morgan fingerprint density at radius 2 is 1.77 bits per heavy atom. The largest absolute Gasteiger partial charge is 0.479 e. The maximum absolute atomic E-state index is 12.8. The number of aliphatic hydroxyl groups excluding tert-OH is 3. The number of carbonyl (C=O) groups is 2. The van der Waals surface area contributed by atoms with Crippen LogP contribution in [-0.2, 0) is 21.5 Å². The van der Waals surface area contributed by atoms with E-state index in [9.17, 15) is 34.2 Å². The molecule has 2 rings (SSSR count). The number of amides is 1. The molecule has 1 aromatic carbocycles. The third kappa shape index (κ3) is 9.34. The van der Waals surface area contributed by atoms with Crippen LogP contribution in [0.25, 0.3) is 10.4 Å². The minimum absolute atomic E-state index is 0.127. The highest BCUT2D eigenvalue weighted by molar-refractivity contribution is 7.60. The molecule has 15 heteroatoms. The summed E-state index contributed by atoms with van der Waals surface area (Å²) in [5.74, 6) is -2.35. The SMILES string of the molecule is CC(C)(CCCC(C)(C)CNC(=O)c1ccc(O[C@@H]2O[C@H](C(=O)O)[C@H](O)[C@H](O)[C@@H]2O)c(O[SH]=O)c1)CN=[N+]=[N-]. The molecule has 0 radical (unpaired) electrons. The van der Waals surface area contributed by atoms with Crippen molar-refractivity contribution < 1.29 is 47.9 Å². The lowest BCUT2D eigenvalue weighted by Gasteiger charge is -2.38. The van der Waals surface area contributed by atoms with E-state index < -0.39 is 54.5 Å². The lowest BCUT2D eigenvalue weighted by Crippen LogP contribution is -2.61. The third-order valence-electron chi connectivity index (χ3n) is 6.39. The van der Waals surface area contributed by atoms with Crippen molar-refractivity contribution in [3.63, 3.8) is 0 Å². The van der Waals surface area contributed by atoms with Crippen LogP contribution in [0.5, 0.6) is 11.5 Å². The van der Waals surface area contributed by atoms with E-state index >= 15 is 0 Å². The second kappa shape index (κ2) is 13.9. The zero-order chi connectivity index (χ0) is 29.4. The number of hydrogen-bond donors (Lipinski definition) is 6. The maximum atomic E-state index is 12.8. The molecule has 1 fully saturated rings. The van der Waals surface area contributed by atoms with Gasteiger partial charge in [-0.15, -0.1) is 0 Å². The van der Waals surface area contributed by atoms with Crippen molar-refractivity contribution in [2.24, 2.45) is 15.9 Å². The van der Waals surface area contributed by atoms with Crippen molar-refractivity contribution >= 4 is 23.8 Å². The highest BCUT2D eigenvalue weighted by atomic mass is 32.2. The number of benzene rings is 1. The van der Waals surface area contributed by atoms with Crippen LogP contribution in [0.15, 0.2) is 23.3 Å². The molecule has 14 nitrogen and oxygen atoms in total. The van der Waals surface area contributed by atoms with Gasteiger partial charge in [0.2, 0.25) is 6.29 Å². The summed E-state index contributed by atoms with van der Waals surface area (Å²) in [6.07, 6.45) is -6.65. The van der Waals surface area contributed by atoms with Crippen molar-refractivity contribution in [1.82, 2.24) is 5.32 Å². The second-order valence-corrected chi connectivity index (χ2v) is 11.3. The number of aliphatic carboxylic acids is 1. The van der Waals surface area contributed by atoms with Gasteiger partial charge in [0.25, 0.3) is 5.91 Å². The van der Waals surface area contributed by atoms with Crippen LogP contribution >= 0.6 is 0 Å². The summed E-state index contributed by atoms with van der Waals surface area (Å²) in [6, 6.07) is 3.89. The van der Waals surface area contributed by atoms with E-state index in [1.54, 1.807) is 0 Å². The highest BCUT2D eigenvalue weighted by Gasteiger charge is 2.48. The molecule has 0 aromatic heterocycles. The molecular formula is C24H36N4O10S. The second-order valence-electron chi connectivity index (χ2n) is 10.9. The average Bonchev–Trinajstić information content (AvgIpc) is 2.87. The van der Waals surface area contributed by atoms with Gasteiger partial charge in [-0.2, -0.15) is 0 Å². The molecule has 0 spiro atoms. The monoisotopic (exact) mass is 572 g/mol. The van der Waals surface area contributed by atoms with Crippen LogP contribution in [-0.4, -0.2) is 80.3 Å². The van der Waals surface area contributed by atoms with Gasteiger partial charge in [-0.3, -0.25) is 4.79 Å². The molecule has 39 heavy (non-hydrogen) atoms. The fraction of sp³-hybridized carbons (Fsp3) is 0.667. The number of ether oxygens (including phenoxy) is 2. The number of azide groups is 1. The molecule has 218 valence electrons. The van der Waals surface area contributed by atoms with Gasteiger partial charge in [-0.05, 0) is 47.4 Å². The van der Waals surface area contributed by atoms with Crippen molar-refractivity contribution in [1.29, 1.82) is 0 Å². The minimum atomic E-state index is -1.90. The van der Waals surface area contributed by atoms with Gasteiger partial charge in [0.1, 0.15) is 18.3 Å². The quantitative estimate of drug-likeness (QED) is 0.0815. The van der Waals surface area contributed by atoms with Gasteiger partial charge in [-0.25, -0.2) is 9.00 Å². The van der Waals surface area contributed by atoms with Gasteiger partial charge in [-0.1, -0.05) is 39.2 Å². The Balaban J connectivity index is 2.05. The normalized spacial score (nSPS) is 23.4. The van der Waals surface area contributed by atoms with Crippen LogP contribution in [0.2, 0.25) is 0 Å². The number of thiol groups is 1. The van der Waals surface area contributed by atoms with Gasteiger partial charge >= 0.3 is 5.97 Å². The summed E-state index contributed by atoms with van der Waals surface area (Å²) in [5.41, 5.74) is 8.31. The first-order valence-corrected chi connectivity index (χ1v) is 13.0. The van der Waals surface area contributed by atoms with E-state index in [4.69, 9.17) is 19.2 Å². The molecule has 1 amide bonds. The molecule has 1 heterocycles. The van der Waals surface area contributed by atoms with Crippen LogP contribution in [0.3, 0.4) is 0 Å². The predicted octanol–water partition coefficient (Wildman–Crippen LogP) is 1.46. The van der Waals surface area contributed by atoms with Gasteiger partial charge in [0, 0.05) is 23.6 Å². The summed E-state index contributed by atoms with van der Waals surface area (Å²) >= 11 is -0.781. The molecule has 1 aromatic rings. The predicted molar refractivity (Wildman–Crippen MR) is 139 cm³/mol. The molecule has 5 atom stereocenters. The molecule has 0 aliphatic carbocycles. The Morgan fingerprint density at radius 1 is 1.10 bits per heavy atom. The number of rotatable bonds is 14. The number of carboxylic acid groups (broad SMARTS) is 1. The van der Waals surface area contributed by atoms with Crippen molar-refractivity contribution in [3.8, 4) is 11.5 Å². The van der Waals surface area contributed by atoms with Crippen LogP contribution < -0.4 is 14.2 Å². The van der Waals surface area contributed by atoms with Crippen LogP contribution in [0, 0.1) is 10.8 Å². The molecule has 0 saturated carbocycles. The molecule has 5 N–H and O–H groups in total. The molecule has 0 unspecified atom stereocenters. The molecule has 1 aliphatic rings. The Hall–Kier alpha value is -2.94. The van der Waals surface area contributed by atoms with E-state index in [1.807, 2.05) is 27.7 Å². The number of nitrogens with one attached hydrogen (secondary N) is 1. The topological polar surface area (TPSA) is 221 Å². The summed E-state index contributed by atoms with van der Waals surface area (Å²) in [5, 5.41) is 45.7. The smallest absolute Gasteiger partial charge is 0.335 e. The lowest BCUT2D eigenvalue weighted by molar-refractivity contribution is -0.271. The summed E-state index contributed by atoms with van der Waals surface area (Å²) in [6.45, 7) is 8.85. The first kappa shape index (κ1) is 32.3. The number of aliphatic hydroxyl groups is 3. The Labute approximate surface area is 229 Å². The fourth-order valence-corrected chi connectivity index (χ4v) is 4.21. The van der Waals surface area contributed by atoms with E-state index in [2.05, 4.69) is 15.3 Å². The number of hydrogen-bond acceptors (Lipinski definition) is 10. The Bertz CT molecular complexity index is 1080. The lowest BCUT2D eigenvalue weighted by atomic mass is 9.81. The van der Waals surface area contributed by atoms with Crippen LogP contribution in [0.1, 0.15) is 57.3 Å². The summed E-state index contributed by atoms with van der Waals surface area (Å²) in [4.78, 5) is 27.0. The standard InChI is InChI=1S/C24H36N4O10S/c1-23(2,8-5-9-24(3,4)12-27-28-25)11-26-20(32)13-6-7-14(15(10-13)38-39-35)36-22-18(31)16(29)17(30)19(37-22)21(33)34/h6-7,10,16-19,22,29-31,39H,5,8-9,11-12H2,1-4H3,(H,26,32)(H,33,34)/t16-,17+,18-,19-,22+/m0/s1. The van der Waals surface area contributed by atoms with E-state index in [-0.39, 0.29) is 27.9 Å². The number of nitrogens with zero attached hydrogens (tertiary/aromatic N) is 3. The van der Waals surface area contributed by atoms with Gasteiger partial charge in [0.05, 0.1) is 0 Å². The number of carboxylic acids is 1. The zero-order valence-corrected chi connectivity index (χ0v) is 23.1. The fourth-order valence-electron chi connectivity index (χ4n) is 3.99. The third-order valence-corrected chi connectivity index (χ3v) is 6.67. The van der Waals surface area contributed by atoms with Gasteiger partial charge < -0.3 is 39.4 Å². The van der Waals surface area contributed by atoms with E-state index in [0.29, 0.717) is 13.1 Å². The average molecular weight is 573 g/mol. The van der Waals surface area contributed by atoms with Crippen LogP contribution in [0.4, 0.5) is 0 Å². The Morgan fingerprint density at radius 3 is 2.38 bits per heavy atom. The number of carbonyl (C=O) groups excluding carboxylic acids is 1. The van der Waals surface area contributed by atoms with E-state index in [0.717, 1.165) is 19.3 Å².